The highest BCUT2D eigenvalue weighted by molar-refractivity contribution is 6.09. The fourth-order valence-corrected chi connectivity index (χ4v) is 3.85. The molecular weight excluding hydrogens is 332 g/mol. The maximum atomic E-state index is 12.9. The molecule has 0 aromatic heterocycles. The molecule has 2 unspecified atom stereocenters. The number of amides is 2. The molecule has 2 atom stereocenters. The lowest BCUT2D eigenvalue weighted by Crippen LogP contribution is -2.45. The van der Waals surface area contributed by atoms with Crippen molar-refractivity contribution in [2.45, 2.75) is 51.5 Å². The number of benzene rings is 1. The fourth-order valence-electron chi connectivity index (χ4n) is 3.85. The Kier molecular flexibility index (Phi) is 5.91. The number of esters is 1. The first-order valence-corrected chi connectivity index (χ1v) is 9.42. The van der Waals surface area contributed by atoms with Crippen LogP contribution in [0.3, 0.4) is 0 Å². The molecule has 0 bridgehead atoms. The Labute approximate surface area is 153 Å². The van der Waals surface area contributed by atoms with Gasteiger partial charge in [0.25, 0.3) is 0 Å². The molecule has 6 nitrogen and oxygen atoms in total. The molecule has 140 valence electrons. The molecule has 1 fully saturated rings. The highest BCUT2D eigenvalue weighted by atomic mass is 16.5. The van der Waals surface area contributed by atoms with E-state index < -0.39 is 18.0 Å². The van der Waals surface area contributed by atoms with E-state index in [0.29, 0.717) is 30.2 Å². The molecule has 3 rings (SSSR count). The molecular formula is C20H26N2O4. The summed E-state index contributed by atoms with van der Waals surface area (Å²) < 4.78 is 5.64. The predicted molar refractivity (Wildman–Crippen MR) is 98.1 cm³/mol. The number of rotatable bonds is 5. The van der Waals surface area contributed by atoms with Gasteiger partial charge >= 0.3 is 12.0 Å². The summed E-state index contributed by atoms with van der Waals surface area (Å²) in [7, 11) is 0. The minimum Gasteiger partial charge on any atom is -0.508 e. The molecule has 1 saturated carbocycles. The maximum Gasteiger partial charge on any atom is 0.341 e. The summed E-state index contributed by atoms with van der Waals surface area (Å²) in [6.07, 6.45) is 6.32. The summed E-state index contributed by atoms with van der Waals surface area (Å²) in [4.78, 5) is 28.8. The molecule has 6 heteroatoms. The van der Waals surface area contributed by atoms with Gasteiger partial charge in [0.2, 0.25) is 0 Å². The first-order chi connectivity index (χ1) is 12.6. The molecule has 1 aliphatic carbocycles. The maximum absolute atomic E-state index is 12.9. The topological polar surface area (TPSA) is 88.0 Å². The minimum absolute atomic E-state index is 0.0895. The number of carbonyl (C=O) groups excluding carboxylic acids is 2. The van der Waals surface area contributed by atoms with Crippen LogP contribution in [0.25, 0.3) is 0 Å². The number of carbonyl (C=O) groups is 2. The first-order valence-electron chi connectivity index (χ1n) is 9.42. The van der Waals surface area contributed by atoms with Gasteiger partial charge in [0.15, 0.2) is 0 Å². The van der Waals surface area contributed by atoms with Gasteiger partial charge in [-0.25, -0.2) is 9.79 Å². The third-order valence-corrected chi connectivity index (χ3v) is 5.25. The van der Waals surface area contributed by atoms with Crippen LogP contribution < -0.4 is 5.32 Å². The van der Waals surface area contributed by atoms with Crippen LogP contribution in [0.15, 0.2) is 29.3 Å². The lowest BCUT2D eigenvalue weighted by atomic mass is 9.86. The molecule has 1 aromatic carbocycles. The molecule has 0 radical (unpaired) electrons. The smallest absolute Gasteiger partial charge is 0.341 e. The Hall–Kier alpha value is -2.37. The van der Waals surface area contributed by atoms with Crippen LogP contribution in [0.1, 0.15) is 57.1 Å². The number of urea groups is 1. The van der Waals surface area contributed by atoms with Gasteiger partial charge in [-0.1, -0.05) is 38.3 Å². The SMILES string of the molecule is CCC1=NC(=O)NC(c2cccc(O)c2)C1C(=O)OCC1CCCCC1. The monoisotopic (exact) mass is 358 g/mol. The average Bonchev–Trinajstić information content (AvgIpc) is 2.66. The van der Waals surface area contributed by atoms with Crippen molar-refractivity contribution in [1.29, 1.82) is 0 Å². The standard InChI is InChI=1S/C20H26N2O4/c1-2-16-17(19(24)26-12-13-7-4-3-5-8-13)18(22-20(25)21-16)14-9-6-10-15(23)11-14/h6,9-11,13,17-18,23H,2-5,7-8,12H2,1H3,(H,22,25). The van der Waals surface area contributed by atoms with E-state index in [1.54, 1.807) is 24.3 Å². The van der Waals surface area contributed by atoms with E-state index in [9.17, 15) is 14.7 Å². The molecule has 1 heterocycles. The van der Waals surface area contributed by atoms with Gasteiger partial charge < -0.3 is 15.2 Å². The van der Waals surface area contributed by atoms with Crippen LogP contribution in [0, 0.1) is 11.8 Å². The van der Waals surface area contributed by atoms with Gasteiger partial charge in [-0.2, -0.15) is 0 Å². The molecule has 1 aliphatic heterocycles. The van der Waals surface area contributed by atoms with Gasteiger partial charge in [0.1, 0.15) is 11.7 Å². The van der Waals surface area contributed by atoms with E-state index in [1.165, 1.54) is 19.3 Å². The van der Waals surface area contributed by atoms with E-state index >= 15 is 0 Å². The quantitative estimate of drug-likeness (QED) is 0.785. The summed E-state index contributed by atoms with van der Waals surface area (Å²) in [6.45, 7) is 2.30. The number of aliphatic imine (C=N–C) groups is 1. The van der Waals surface area contributed by atoms with E-state index in [4.69, 9.17) is 4.74 Å². The predicted octanol–water partition coefficient (Wildman–Crippen LogP) is 3.75. The number of phenols is 1. The summed E-state index contributed by atoms with van der Waals surface area (Å²) in [5.41, 5.74) is 1.19. The Morgan fingerprint density at radius 3 is 2.77 bits per heavy atom. The van der Waals surface area contributed by atoms with Crippen LogP contribution in [-0.4, -0.2) is 29.4 Å². The van der Waals surface area contributed by atoms with Crippen molar-refractivity contribution < 1.29 is 19.4 Å². The Morgan fingerprint density at radius 2 is 2.08 bits per heavy atom. The minimum atomic E-state index is -0.664. The van der Waals surface area contributed by atoms with Crippen LogP contribution in [-0.2, 0) is 9.53 Å². The van der Waals surface area contributed by atoms with Crippen molar-refractivity contribution in [3.05, 3.63) is 29.8 Å². The highest BCUT2D eigenvalue weighted by Crippen LogP contribution is 2.31. The third-order valence-electron chi connectivity index (χ3n) is 5.25. The highest BCUT2D eigenvalue weighted by Gasteiger charge is 2.39. The zero-order valence-electron chi connectivity index (χ0n) is 15.1. The normalized spacial score (nSPS) is 23.9. The van der Waals surface area contributed by atoms with Crippen molar-refractivity contribution >= 4 is 17.7 Å². The van der Waals surface area contributed by atoms with Crippen molar-refractivity contribution in [3.63, 3.8) is 0 Å². The number of hydrogen-bond donors (Lipinski definition) is 2. The Bertz CT molecular complexity index is 695. The molecule has 0 spiro atoms. The molecule has 2 amide bonds. The second-order valence-corrected chi connectivity index (χ2v) is 7.09. The summed E-state index contributed by atoms with van der Waals surface area (Å²) in [5.74, 6) is -0.508. The Morgan fingerprint density at radius 1 is 1.31 bits per heavy atom. The van der Waals surface area contributed by atoms with Gasteiger partial charge in [0.05, 0.1) is 12.6 Å². The van der Waals surface area contributed by atoms with Crippen LogP contribution in [0.2, 0.25) is 0 Å². The lowest BCUT2D eigenvalue weighted by molar-refractivity contribution is -0.148. The van der Waals surface area contributed by atoms with Crippen LogP contribution in [0.4, 0.5) is 4.79 Å². The van der Waals surface area contributed by atoms with E-state index in [1.807, 2.05) is 6.92 Å². The van der Waals surface area contributed by atoms with Gasteiger partial charge in [-0.15, -0.1) is 0 Å². The molecule has 2 aliphatic rings. The number of ether oxygens (including phenoxy) is 1. The van der Waals surface area contributed by atoms with Gasteiger partial charge in [-0.05, 0) is 42.9 Å². The lowest BCUT2D eigenvalue weighted by Gasteiger charge is -2.31. The van der Waals surface area contributed by atoms with Crippen molar-refractivity contribution in [2.75, 3.05) is 6.61 Å². The number of nitrogens with one attached hydrogen (secondary N) is 1. The third kappa shape index (κ3) is 4.23. The second kappa shape index (κ2) is 8.34. The average molecular weight is 358 g/mol. The number of hydrogen-bond acceptors (Lipinski definition) is 4. The van der Waals surface area contributed by atoms with Crippen LogP contribution in [0.5, 0.6) is 5.75 Å². The van der Waals surface area contributed by atoms with E-state index in [-0.39, 0.29) is 11.7 Å². The zero-order valence-corrected chi connectivity index (χ0v) is 15.1. The van der Waals surface area contributed by atoms with Crippen LogP contribution >= 0.6 is 0 Å². The van der Waals surface area contributed by atoms with Crippen molar-refractivity contribution in [2.24, 2.45) is 16.8 Å². The number of aromatic hydroxyl groups is 1. The first kappa shape index (κ1) is 18.4. The zero-order chi connectivity index (χ0) is 18.5. The molecule has 1 aromatic rings. The van der Waals surface area contributed by atoms with Gasteiger partial charge in [0, 0.05) is 5.71 Å². The summed E-state index contributed by atoms with van der Waals surface area (Å²) >= 11 is 0. The van der Waals surface area contributed by atoms with Gasteiger partial charge in [-0.3, -0.25) is 4.79 Å². The van der Waals surface area contributed by atoms with E-state index in [2.05, 4.69) is 10.3 Å². The van der Waals surface area contributed by atoms with Crippen molar-refractivity contribution in [1.82, 2.24) is 5.32 Å². The molecule has 2 N–H and O–H groups in total. The second-order valence-electron chi connectivity index (χ2n) is 7.09. The van der Waals surface area contributed by atoms with Crippen molar-refractivity contribution in [3.8, 4) is 5.75 Å². The number of nitrogens with zero attached hydrogens (tertiary/aromatic N) is 1. The number of phenolic OH excluding ortho intramolecular Hbond substituents is 1. The largest absolute Gasteiger partial charge is 0.508 e. The molecule has 0 saturated heterocycles. The Balaban J connectivity index is 1.79. The fraction of sp³-hybridized carbons (Fsp3) is 0.550. The van der Waals surface area contributed by atoms with E-state index in [0.717, 1.165) is 12.8 Å². The summed E-state index contributed by atoms with van der Waals surface area (Å²) in [5, 5.41) is 12.5. The molecule has 26 heavy (non-hydrogen) atoms. The summed E-state index contributed by atoms with van der Waals surface area (Å²) in [6, 6.07) is 5.54.